The summed E-state index contributed by atoms with van der Waals surface area (Å²) in [5, 5.41) is 4.32. The summed E-state index contributed by atoms with van der Waals surface area (Å²) in [5.74, 6) is -0.0408. The van der Waals surface area contributed by atoms with E-state index in [-0.39, 0.29) is 23.4 Å². The normalized spacial score (nSPS) is 18.7. The first kappa shape index (κ1) is 21.9. The predicted molar refractivity (Wildman–Crippen MR) is 127 cm³/mol. The van der Waals surface area contributed by atoms with Gasteiger partial charge in [0.1, 0.15) is 0 Å². The molecule has 0 unspecified atom stereocenters. The monoisotopic (exact) mass is 450 g/mol. The van der Waals surface area contributed by atoms with E-state index in [1.165, 1.54) is 4.57 Å². The van der Waals surface area contributed by atoms with E-state index >= 15 is 4.39 Å². The summed E-state index contributed by atoms with van der Waals surface area (Å²) in [6.07, 6.45) is 8.05. The number of ether oxygens (including phenoxy) is 1. The molecule has 1 saturated heterocycles. The number of pyridine rings is 1. The van der Waals surface area contributed by atoms with Crippen molar-refractivity contribution in [3.05, 3.63) is 75.2 Å². The largest absolute Gasteiger partial charge is 0.375 e. The number of hydrogen-bond acceptors (Lipinski definition) is 4. The van der Waals surface area contributed by atoms with E-state index in [1.807, 2.05) is 42.9 Å². The summed E-state index contributed by atoms with van der Waals surface area (Å²) in [7, 11) is 0. The molecule has 0 radical (unpaired) electrons. The third-order valence-corrected chi connectivity index (χ3v) is 6.77. The van der Waals surface area contributed by atoms with Crippen LogP contribution in [0.3, 0.4) is 0 Å². The van der Waals surface area contributed by atoms with E-state index in [0.717, 1.165) is 54.9 Å². The first-order valence-corrected chi connectivity index (χ1v) is 11.9. The van der Waals surface area contributed by atoms with Crippen LogP contribution in [0.1, 0.15) is 54.9 Å². The number of aromatic nitrogens is 3. The molecule has 0 amide bonds. The third kappa shape index (κ3) is 4.34. The molecule has 0 N–H and O–H groups in total. The quantitative estimate of drug-likeness (QED) is 0.565. The zero-order chi connectivity index (χ0) is 23.1. The van der Waals surface area contributed by atoms with Gasteiger partial charge in [-0.25, -0.2) is 4.39 Å². The van der Waals surface area contributed by atoms with E-state index in [2.05, 4.69) is 16.9 Å². The Morgan fingerprint density at radius 2 is 2.09 bits per heavy atom. The SMILES string of the molecule is CCn1cc(Cc2c(C)ccn(-c3cc(N4CCO[C@H](C)C4)cc(C4CC4)c3F)c2=O)cn1. The van der Waals surface area contributed by atoms with E-state index in [4.69, 9.17) is 4.74 Å². The van der Waals surface area contributed by atoms with Crippen LogP contribution in [0.4, 0.5) is 10.1 Å². The average molecular weight is 451 g/mol. The van der Waals surface area contributed by atoms with Gasteiger partial charge >= 0.3 is 0 Å². The molecule has 33 heavy (non-hydrogen) atoms. The number of hydrogen-bond donors (Lipinski definition) is 0. The molecule has 7 heteroatoms. The molecule has 2 aromatic heterocycles. The Morgan fingerprint density at radius 1 is 1.27 bits per heavy atom. The summed E-state index contributed by atoms with van der Waals surface area (Å²) in [4.78, 5) is 15.8. The smallest absolute Gasteiger partial charge is 0.258 e. The first-order valence-electron chi connectivity index (χ1n) is 11.9. The molecule has 2 aliphatic rings. The molecule has 174 valence electrons. The lowest BCUT2D eigenvalue weighted by Crippen LogP contribution is -2.41. The summed E-state index contributed by atoms with van der Waals surface area (Å²) in [5.41, 5.74) is 4.40. The van der Waals surface area contributed by atoms with Crippen molar-refractivity contribution in [2.24, 2.45) is 0 Å². The van der Waals surface area contributed by atoms with Crippen molar-refractivity contribution >= 4 is 5.69 Å². The molecule has 3 heterocycles. The molecule has 5 rings (SSSR count). The van der Waals surface area contributed by atoms with Crippen LogP contribution in [-0.4, -0.2) is 40.1 Å². The lowest BCUT2D eigenvalue weighted by Gasteiger charge is -2.33. The van der Waals surface area contributed by atoms with Gasteiger partial charge < -0.3 is 9.64 Å². The highest BCUT2D eigenvalue weighted by Gasteiger charge is 2.30. The van der Waals surface area contributed by atoms with Gasteiger partial charge in [-0.05, 0) is 74.4 Å². The second kappa shape index (κ2) is 8.78. The van der Waals surface area contributed by atoms with Crippen molar-refractivity contribution in [3.63, 3.8) is 0 Å². The lowest BCUT2D eigenvalue weighted by atomic mass is 10.0. The summed E-state index contributed by atoms with van der Waals surface area (Å²) in [6, 6.07) is 5.71. The van der Waals surface area contributed by atoms with Crippen molar-refractivity contribution < 1.29 is 9.13 Å². The Balaban J connectivity index is 1.59. The molecule has 0 bridgehead atoms. The number of nitrogens with zero attached hydrogens (tertiary/aromatic N) is 4. The fourth-order valence-electron chi connectivity index (χ4n) is 4.67. The second-order valence-corrected chi connectivity index (χ2v) is 9.30. The Labute approximate surface area is 193 Å². The van der Waals surface area contributed by atoms with Crippen molar-refractivity contribution in [2.45, 2.75) is 58.6 Å². The lowest BCUT2D eigenvalue weighted by molar-refractivity contribution is 0.0532. The van der Waals surface area contributed by atoms with E-state index in [0.29, 0.717) is 24.3 Å². The van der Waals surface area contributed by atoms with Gasteiger partial charge in [-0.1, -0.05) is 0 Å². The zero-order valence-corrected chi connectivity index (χ0v) is 19.6. The maximum absolute atomic E-state index is 15.7. The first-order chi connectivity index (χ1) is 15.9. The fourth-order valence-corrected chi connectivity index (χ4v) is 4.67. The Bertz CT molecular complexity index is 1230. The van der Waals surface area contributed by atoms with Gasteiger partial charge in [-0.2, -0.15) is 5.10 Å². The third-order valence-electron chi connectivity index (χ3n) is 6.77. The minimum atomic E-state index is -0.279. The van der Waals surface area contributed by atoms with Gasteiger partial charge in [0.25, 0.3) is 5.56 Å². The van der Waals surface area contributed by atoms with Crippen LogP contribution in [-0.2, 0) is 17.7 Å². The van der Waals surface area contributed by atoms with Crippen LogP contribution in [0.15, 0.2) is 41.6 Å². The van der Waals surface area contributed by atoms with Crippen LogP contribution >= 0.6 is 0 Å². The molecular formula is C26H31FN4O2. The van der Waals surface area contributed by atoms with Crippen LogP contribution in [0.2, 0.25) is 0 Å². The molecule has 1 atom stereocenters. The number of benzene rings is 1. The van der Waals surface area contributed by atoms with Crippen LogP contribution < -0.4 is 10.5 Å². The van der Waals surface area contributed by atoms with Gasteiger partial charge in [0.05, 0.1) is 24.6 Å². The minimum Gasteiger partial charge on any atom is -0.375 e. The van der Waals surface area contributed by atoms with Crippen molar-refractivity contribution in [2.75, 3.05) is 24.6 Å². The number of aryl methyl sites for hydroxylation is 2. The Kier molecular flexibility index (Phi) is 5.83. The number of rotatable bonds is 6. The molecule has 3 aromatic rings. The van der Waals surface area contributed by atoms with E-state index < -0.39 is 0 Å². The molecule has 6 nitrogen and oxygen atoms in total. The van der Waals surface area contributed by atoms with Crippen LogP contribution in [0.25, 0.3) is 5.69 Å². The molecule has 1 aliphatic carbocycles. The molecule has 1 aliphatic heterocycles. The molecule has 1 aromatic carbocycles. The zero-order valence-electron chi connectivity index (χ0n) is 19.6. The van der Waals surface area contributed by atoms with E-state index in [1.54, 1.807) is 12.4 Å². The number of anilines is 1. The second-order valence-electron chi connectivity index (χ2n) is 9.30. The van der Waals surface area contributed by atoms with Crippen molar-refractivity contribution in [1.82, 2.24) is 14.3 Å². The minimum absolute atomic E-state index is 0.120. The highest BCUT2D eigenvalue weighted by molar-refractivity contribution is 5.58. The summed E-state index contributed by atoms with van der Waals surface area (Å²) >= 11 is 0. The highest BCUT2D eigenvalue weighted by atomic mass is 19.1. The maximum atomic E-state index is 15.7. The average Bonchev–Trinajstić information content (AvgIpc) is 3.55. The van der Waals surface area contributed by atoms with Gasteiger partial charge in [0, 0.05) is 49.7 Å². The number of halogens is 1. The Morgan fingerprint density at radius 3 is 2.79 bits per heavy atom. The van der Waals surface area contributed by atoms with Crippen molar-refractivity contribution in [3.8, 4) is 5.69 Å². The topological polar surface area (TPSA) is 52.3 Å². The van der Waals surface area contributed by atoms with Crippen LogP contribution in [0, 0.1) is 12.7 Å². The highest BCUT2D eigenvalue weighted by Crippen LogP contribution is 2.44. The molecular weight excluding hydrogens is 419 g/mol. The van der Waals surface area contributed by atoms with Crippen LogP contribution in [0.5, 0.6) is 0 Å². The molecule has 1 saturated carbocycles. The standard InChI is InChI=1S/C26H31FN4O2/c1-4-30-16-19(14-28-30)11-22-17(2)7-8-31(26(22)32)24-13-21(29-9-10-33-18(3)15-29)12-23(25(24)27)20-5-6-20/h7-8,12-14,16,18,20H,4-6,9-11,15H2,1-3H3/t18-/m1/s1. The van der Waals surface area contributed by atoms with Gasteiger partial charge in [0.15, 0.2) is 5.82 Å². The van der Waals surface area contributed by atoms with Gasteiger partial charge in [-0.15, -0.1) is 0 Å². The Hall–Kier alpha value is -2.93. The number of morpholine rings is 1. The molecule has 2 fully saturated rings. The summed E-state index contributed by atoms with van der Waals surface area (Å²) < 4.78 is 24.8. The molecule has 0 spiro atoms. The van der Waals surface area contributed by atoms with Gasteiger partial charge in [0.2, 0.25) is 0 Å². The van der Waals surface area contributed by atoms with Gasteiger partial charge in [-0.3, -0.25) is 14.0 Å². The summed E-state index contributed by atoms with van der Waals surface area (Å²) in [6.45, 7) is 8.95. The van der Waals surface area contributed by atoms with Crippen molar-refractivity contribution in [1.29, 1.82) is 0 Å². The predicted octanol–water partition coefficient (Wildman–Crippen LogP) is 4.19. The fraction of sp³-hybridized carbons (Fsp3) is 0.462. The maximum Gasteiger partial charge on any atom is 0.258 e. The van der Waals surface area contributed by atoms with E-state index in [9.17, 15) is 4.79 Å².